The second kappa shape index (κ2) is 7.09. The molecule has 0 unspecified atom stereocenters. The molecule has 0 radical (unpaired) electrons. The van der Waals surface area contributed by atoms with Gasteiger partial charge in [0.05, 0.1) is 31.2 Å². The van der Waals surface area contributed by atoms with Crippen molar-refractivity contribution >= 4 is 11.4 Å². The van der Waals surface area contributed by atoms with Crippen LogP contribution in [-0.4, -0.2) is 45.6 Å². The average molecular weight is 224 g/mol. The van der Waals surface area contributed by atoms with Crippen LogP contribution in [0.15, 0.2) is 24.3 Å². The zero-order valence-corrected chi connectivity index (χ0v) is 9.94. The van der Waals surface area contributed by atoms with E-state index in [-0.39, 0.29) is 6.61 Å². The Hall–Kier alpha value is -1.26. The van der Waals surface area contributed by atoms with E-state index in [4.69, 9.17) is 9.84 Å². The van der Waals surface area contributed by atoms with Gasteiger partial charge >= 0.3 is 0 Å². The molecule has 0 aromatic heterocycles. The zero-order valence-electron chi connectivity index (χ0n) is 9.94. The van der Waals surface area contributed by atoms with E-state index in [1.165, 1.54) is 0 Å². The minimum absolute atomic E-state index is 0.0777. The van der Waals surface area contributed by atoms with E-state index in [2.05, 4.69) is 16.3 Å². The molecule has 0 amide bonds. The molecule has 90 valence electrons. The summed E-state index contributed by atoms with van der Waals surface area (Å²) in [7, 11) is 4.03. The van der Waals surface area contributed by atoms with Gasteiger partial charge in [-0.3, -0.25) is 0 Å². The summed E-state index contributed by atoms with van der Waals surface area (Å²) in [6.07, 6.45) is 0. The number of ether oxygens (including phenoxy) is 1. The van der Waals surface area contributed by atoms with Crippen LogP contribution in [0, 0.1) is 0 Å². The molecule has 2 N–H and O–H groups in total. The number of anilines is 2. The lowest BCUT2D eigenvalue weighted by Crippen LogP contribution is -2.15. The van der Waals surface area contributed by atoms with Crippen LogP contribution < -0.4 is 10.2 Å². The van der Waals surface area contributed by atoms with Crippen molar-refractivity contribution in [2.45, 2.75) is 0 Å². The molecule has 16 heavy (non-hydrogen) atoms. The Morgan fingerprint density at radius 3 is 2.69 bits per heavy atom. The summed E-state index contributed by atoms with van der Waals surface area (Å²) < 4.78 is 5.18. The minimum Gasteiger partial charge on any atom is -0.394 e. The molecule has 0 heterocycles. The van der Waals surface area contributed by atoms with Crippen LogP contribution >= 0.6 is 0 Å². The Labute approximate surface area is 96.8 Å². The van der Waals surface area contributed by atoms with Gasteiger partial charge in [0, 0.05) is 20.6 Å². The van der Waals surface area contributed by atoms with Gasteiger partial charge in [0.1, 0.15) is 0 Å². The predicted octanol–water partition coefficient (Wildman–Crippen LogP) is 1.17. The number of aliphatic hydroxyl groups excluding tert-OH is 1. The lowest BCUT2D eigenvalue weighted by molar-refractivity contribution is 0.0992. The Bertz CT molecular complexity index is 303. The molecule has 0 spiro atoms. The average Bonchev–Trinajstić information content (AvgIpc) is 2.29. The molecule has 4 heteroatoms. The number of nitrogens with one attached hydrogen (secondary N) is 1. The first-order valence-corrected chi connectivity index (χ1v) is 5.44. The van der Waals surface area contributed by atoms with Crippen molar-refractivity contribution in [3.63, 3.8) is 0 Å². The number of benzene rings is 1. The number of para-hydroxylation sites is 2. The third-order valence-corrected chi connectivity index (χ3v) is 2.18. The Balaban J connectivity index is 2.41. The maximum atomic E-state index is 8.55. The van der Waals surface area contributed by atoms with Crippen LogP contribution in [0.4, 0.5) is 11.4 Å². The molecular formula is C12H20N2O2. The van der Waals surface area contributed by atoms with Crippen LogP contribution in [0.3, 0.4) is 0 Å². The normalized spacial score (nSPS) is 10.2. The number of aliphatic hydroxyl groups is 1. The number of hydrogen-bond donors (Lipinski definition) is 2. The molecule has 1 aromatic rings. The highest BCUT2D eigenvalue weighted by Crippen LogP contribution is 2.22. The molecule has 1 rings (SSSR count). The molecule has 1 aromatic carbocycles. The van der Waals surface area contributed by atoms with E-state index in [0.29, 0.717) is 13.2 Å². The van der Waals surface area contributed by atoms with Crippen LogP contribution in [0.25, 0.3) is 0 Å². The van der Waals surface area contributed by atoms with E-state index in [9.17, 15) is 0 Å². The van der Waals surface area contributed by atoms with Crippen LogP contribution in [-0.2, 0) is 4.74 Å². The smallest absolute Gasteiger partial charge is 0.0698 e. The highest BCUT2D eigenvalue weighted by molar-refractivity contribution is 5.69. The second-order valence-electron chi connectivity index (χ2n) is 3.67. The van der Waals surface area contributed by atoms with Gasteiger partial charge in [-0.15, -0.1) is 0 Å². The van der Waals surface area contributed by atoms with Gasteiger partial charge in [-0.2, -0.15) is 0 Å². The summed E-state index contributed by atoms with van der Waals surface area (Å²) in [4.78, 5) is 2.07. The van der Waals surface area contributed by atoms with E-state index < -0.39 is 0 Å². The first-order chi connectivity index (χ1) is 7.75. The fraction of sp³-hybridized carbons (Fsp3) is 0.500. The molecule has 0 saturated carbocycles. The first-order valence-electron chi connectivity index (χ1n) is 5.44. The van der Waals surface area contributed by atoms with Crippen molar-refractivity contribution in [2.75, 3.05) is 50.7 Å². The maximum Gasteiger partial charge on any atom is 0.0698 e. The van der Waals surface area contributed by atoms with Gasteiger partial charge in [0.2, 0.25) is 0 Å². The van der Waals surface area contributed by atoms with Crippen molar-refractivity contribution in [1.29, 1.82) is 0 Å². The van der Waals surface area contributed by atoms with Crippen LogP contribution in [0.1, 0.15) is 0 Å². The largest absolute Gasteiger partial charge is 0.394 e. The van der Waals surface area contributed by atoms with Gasteiger partial charge in [0.15, 0.2) is 0 Å². The summed E-state index contributed by atoms with van der Waals surface area (Å²) in [5.41, 5.74) is 2.25. The quantitative estimate of drug-likeness (QED) is 0.683. The molecular weight excluding hydrogens is 204 g/mol. The Kier molecular flexibility index (Phi) is 5.67. The van der Waals surface area contributed by atoms with Gasteiger partial charge in [-0.25, -0.2) is 0 Å². The van der Waals surface area contributed by atoms with Crippen molar-refractivity contribution < 1.29 is 9.84 Å². The summed E-state index contributed by atoms with van der Waals surface area (Å²) in [5.74, 6) is 0. The van der Waals surface area contributed by atoms with Crippen LogP contribution in [0.2, 0.25) is 0 Å². The maximum absolute atomic E-state index is 8.55. The minimum atomic E-state index is 0.0777. The SMILES string of the molecule is CN(C)c1ccccc1NCCOCCO. The van der Waals surface area contributed by atoms with Crippen LogP contribution in [0.5, 0.6) is 0 Å². The van der Waals surface area contributed by atoms with Gasteiger partial charge in [-0.05, 0) is 12.1 Å². The fourth-order valence-electron chi connectivity index (χ4n) is 1.44. The predicted molar refractivity (Wildman–Crippen MR) is 67.2 cm³/mol. The number of hydrogen-bond acceptors (Lipinski definition) is 4. The second-order valence-corrected chi connectivity index (χ2v) is 3.67. The fourth-order valence-corrected chi connectivity index (χ4v) is 1.44. The lowest BCUT2D eigenvalue weighted by Gasteiger charge is -2.18. The third-order valence-electron chi connectivity index (χ3n) is 2.18. The molecule has 0 fully saturated rings. The molecule has 0 bridgehead atoms. The van der Waals surface area contributed by atoms with Crippen molar-refractivity contribution in [3.05, 3.63) is 24.3 Å². The zero-order chi connectivity index (χ0) is 11.8. The lowest BCUT2D eigenvalue weighted by atomic mass is 10.2. The van der Waals surface area contributed by atoms with Gasteiger partial charge < -0.3 is 20.1 Å². The highest BCUT2D eigenvalue weighted by Gasteiger charge is 2.01. The summed E-state index contributed by atoms with van der Waals surface area (Å²) in [6.45, 7) is 1.82. The van der Waals surface area contributed by atoms with Crippen molar-refractivity contribution in [3.8, 4) is 0 Å². The Morgan fingerprint density at radius 1 is 1.25 bits per heavy atom. The van der Waals surface area contributed by atoms with E-state index in [1.54, 1.807) is 0 Å². The molecule has 0 aliphatic heterocycles. The van der Waals surface area contributed by atoms with E-state index >= 15 is 0 Å². The van der Waals surface area contributed by atoms with Gasteiger partial charge in [0.25, 0.3) is 0 Å². The Morgan fingerprint density at radius 2 is 2.00 bits per heavy atom. The highest BCUT2D eigenvalue weighted by atomic mass is 16.5. The van der Waals surface area contributed by atoms with Crippen molar-refractivity contribution in [1.82, 2.24) is 0 Å². The molecule has 0 aliphatic carbocycles. The topological polar surface area (TPSA) is 44.7 Å². The van der Waals surface area contributed by atoms with Crippen molar-refractivity contribution in [2.24, 2.45) is 0 Å². The van der Waals surface area contributed by atoms with E-state index in [1.807, 2.05) is 32.3 Å². The molecule has 0 atom stereocenters. The number of rotatable bonds is 7. The summed E-state index contributed by atoms with van der Waals surface area (Å²) in [5, 5.41) is 11.9. The number of nitrogens with zero attached hydrogens (tertiary/aromatic N) is 1. The summed E-state index contributed by atoms with van der Waals surface area (Å²) >= 11 is 0. The third kappa shape index (κ3) is 4.08. The standard InChI is InChI=1S/C12H20N2O2/c1-14(2)12-6-4-3-5-11(12)13-7-9-16-10-8-15/h3-6,13,15H,7-10H2,1-2H3. The monoisotopic (exact) mass is 224 g/mol. The molecule has 4 nitrogen and oxygen atoms in total. The van der Waals surface area contributed by atoms with Gasteiger partial charge in [-0.1, -0.05) is 12.1 Å². The molecule has 0 aliphatic rings. The first kappa shape index (κ1) is 12.8. The summed E-state index contributed by atoms with van der Waals surface area (Å²) in [6, 6.07) is 8.13. The van der Waals surface area contributed by atoms with E-state index in [0.717, 1.165) is 17.9 Å². The molecule has 0 saturated heterocycles.